The zero-order chi connectivity index (χ0) is 10.1. The van der Waals surface area contributed by atoms with E-state index in [1.165, 1.54) is 0 Å². The molecule has 2 heterocycles. The molecule has 2 rings (SSSR count). The average Bonchev–Trinajstić information content (AvgIpc) is 2.51. The van der Waals surface area contributed by atoms with Gasteiger partial charge in [-0.2, -0.15) is 5.10 Å². The molecule has 5 heteroatoms. The van der Waals surface area contributed by atoms with Crippen molar-refractivity contribution in [2.45, 2.75) is 0 Å². The van der Waals surface area contributed by atoms with Crippen molar-refractivity contribution in [1.82, 2.24) is 9.78 Å². The number of amidine groups is 1. The van der Waals surface area contributed by atoms with Gasteiger partial charge in [0, 0.05) is 13.2 Å². The van der Waals surface area contributed by atoms with Crippen molar-refractivity contribution in [2.75, 3.05) is 20.1 Å². The number of hydrogen-bond acceptors (Lipinski definition) is 3. The van der Waals surface area contributed by atoms with Crippen molar-refractivity contribution in [2.24, 2.45) is 17.8 Å². The Hall–Kier alpha value is -1.65. The molecule has 0 bridgehead atoms. The lowest BCUT2D eigenvalue weighted by atomic mass is 10.2. The van der Waals surface area contributed by atoms with Crippen LogP contribution in [0.1, 0.15) is 5.56 Å². The van der Waals surface area contributed by atoms with Crippen molar-refractivity contribution in [1.29, 1.82) is 0 Å². The summed E-state index contributed by atoms with van der Waals surface area (Å²) in [4.78, 5) is 4.23. The molecule has 0 radical (unpaired) electrons. The van der Waals surface area contributed by atoms with E-state index in [0.29, 0.717) is 5.84 Å². The third-order valence-electron chi connectivity index (χ3n) is 2.32. The Morgan fingerprint density at radius 1 is 1.57 bits per heavy atom. The van der Waals surface area contributed by atoms with Gasteiger partial charge in [-0.25, -0.2) is 4.58 Å². The fraction of sp³-hybridized carbons (Fsp3) is 0.444. The van der Waals surface area contributed by atoms with Crippen LogP contribution in [0, 0.1) is 0 Å². The van der Waals surface area contributed by atoms with Gasteiger partial charge in [-0.15, -0.1) is 0 Å². The molecule has 74 valence electrons. The smallest absolute Gasteiger partial charge is 0.252 e. The van der Waals surface area contributed by atoms with Gasteiger partial charge in [0.15, 0.2) is 12.4 Å². The van der Waals surface area contributed by atoms with Gasteiger partial charge in [-0.05, 0) is 0 Å². The zero-order valence-corrected chi connectivity index (χ0v) is 8.44. The van der Waals surface area contributed by atoms with E-state index in [1.54, 1.807) is 10.9 Å². The Bertz CT molecular complexity index is 413. The number of aromatic nitrogens is 2. The van der Waals surface area contributed by atoms with Crippen LogP contribution in [0.5, 0.6) is 0 Å². The molecular formula is C9H14N5+. The fourth-order valence-electron chi connectivity index (χ4n) is 1.61. The second-order valence-electron chi connectivity index (χ2n) is 3.44. The van der Waals surface area contributed by atoms with Crippen molar-refractivity contribution >= 4 is 11.5 Å². The molecule has 5 nitrogen and oxygen atoms in total. The maximum absolute atomic E-state index is 5.84. The van der Waals surface area contributed by atoms with E-state index in [2.05, 4.69) is 14.7 Å². The quantitative estimate of drug-likeness (QED) is 0.593. The second kappa shape index (κ2) is 3.25. The normalized spacial score (nSPS) is 17.1. The van der Waals surface area contributed by atoms with Gasteiger partial charge in [-0.3, -0.25) is 9.67 Å². The lowest BCUT2D eigenvalue weighted by Gasteiger charge is -2.08. The van der Waals surface area contributed by atoms with Gasteiger partial charge >= 0.3 is 0 Å². The molecule has 0 atom stereocenters. The van der Waals surface area contributed by atoms with E-state index in [9.17, 15) is 0 Å². The topological polar surface area (TPSA) is 59.2 Å². The lowest BCUT2D eigenvalue weighted by molar-refractivity contribution is -0.493. The Morgan fingerprint density at radius 3 is 2.93 bits per heavy atom. The predicted octanol–water partition coefficient (Wildman–Crippen LogP) is -0.778. The van der Waals surface area contributed by atoms with Crippen molar-refractivity contribution in [3.05, 3.63) is 18.0 Å². The van der Waals surface area contributed by atoms with Gasteiger partial charge in [0.05, 0.1) is 11.8 Å². The summed E-state index contributed by atoms with van der Waals surface area (Å²) < 4.78 is 3.87. The summed E-state index contributed by atoms with van der Waals surface area (Å²) in [6, 6.07) is 0. The number of aliphatic imine (C=N–C) groups is 1. The van der Waals surface area contributed by atoms with E-state index >= 15 is 0 Å². The zero-order valence-electron chi connectivity index (χ0n) is 8.44. The third-order valence-corrected chi connectivity index (χ3v) is 2.32. The van der Waals surface area contributed by atoms with Crippen molar-refractivity contribution in [3.63, 3.8) is 0 Å². The first-order chi connectivity index (χ1) is 6.68. The summed E-state index contributed by atoms with van der Waals surface area (Å²) >= 11 is 0. The molecule has 0 saturated heterocycles. The highest BCUT2D eigenvalue weighted by Gasteiger charge is 2.22. The molecule has 0 spiro atoms. The highest BCUT2D eigenvalue weighted by Crippen LogP contribution is 2.02. The minimum Gasteiger partial charge on any atom is -0.378 e. The van der Waals surface area contributed by atoms with Crippen LogP contribution in [0.15, 0.2) is 17.4 Å². The van der Waals surface area contributed by atoms with Gasteiger partial charge in [0.2, 0.25) is 0 Å². The summed E-state index contributed by atoms with van der Waals surface area (Å²) in [5.41, 5.74) is 7.85. The molecule has 1 aromatic heterocycles. The Balaban J connectivity index is 2.46. The van der Waals surface area contributed by atoms with Crippen LogP contribution in [0.4, 0.5) is 0 Å². The number of nitrogens with zero attached hydrogens (tertiary/aromatic N) is 4. The molecule has 0 aliphatic carbocycles. The monoisotopic (exact) mass is 192 g/mol. The molecule has 0 amide bonds. The first kappa shape index (κ1) is 8.93. The molecule has 1 aliphatic heterocycles. The van der Waals surface area contributed by atoms with E-state index in [4.69, 9.17) is 5.73 Å². The van der Waals surface area contributed by atoms with Crippen molar-refractivity contribution < 1.29 is 4.58 Å². The Kier molecular flexibility index (Phi) is 2.07. The van der Waals surface area contributed by atoms with Gasteiger partial charge in [0.1, 0.15) is 13.6 Å². The van der Waals surface area contributed by atoms with Crippen LogP contribution in [0.3, 0.4) is 0 Å². The molecule has 14 heavy (non-hydrogen) atoms. The average molecular weight is 192 g/mol. The number of aryl methyl sites for hydroxylation is 1. The molecule has 0 fully saturated rings. The minimum atomic E-state index is 0.603. The third kappa shape index (κ3) is 1.41. The Morgan fingerprint density at radius 2 is 2.36 bits per heavy atom. The van der Waals surface area contributed by atoms with E-state index < -0.39 is 0 Å². The predicted molar refractivity (Wildman–Crippen MR) is 54.9 cm³/mol. The fourth-order valence-corrected chi connectivity index (χ4v) is 1.61. The minimum absolute atomic E-state index is 0.603. The highest BCUT2D eigenvalue weighted by atomic mass is 15.2. The lowest BCUT2D eigenvalue weighted by Crippen LogP contribution is -2.37. The van der Waals surface area contributed by atoms with Gasteiger partial charge in [0.25, 0.3) is 5.71 Å². The maximum Gasteiger partial charge on any atom is 0.252 e. The van der Waals surface area contributed by atoms with Crippen LogP contribution in [-0.4, -0.2) is 46.0 Å². The second-order valence-corrected chi connectivity index (χ2v) is 3.44. The van der Waals surface area contributed by atoms with Crippen molar-refractivity contribution in [3.8, 4) is 0 Å². The van der Waals surface area contributed by atoms with Gasteiger partial charge < -0.3 is 5.73 Å². The molecule has 1 aromatic rings. The van der Waals surface area contributed by atoms with Crippen LogP contribution in [0.2, 0.25) is 0 Å². The summed E-state index contributed by atoms with van der Waals surface area (Å²) in [7, 11) is 3.91. The van der Waals surface area contributed by atoms with E-state index in [-0.39, 0.29) is 0 Å². The number of nitrogens with two attached hydrogens (primary N) is 1. The summed E-state index contributed by atoms with van der Waals surface area (Å²) in [6.07, 6.45) is 3.75. The first-order valence-corrected chi connectivity index (χ1v) is 4.56. The van der Waals surface area contributed by atoms with E-state index in [1.807, 2.05) is 20.3 Å². The van der Waals surface area contributed by atoms with Crippen LogP contribution >= 0.6 is 0 Å². The molecule has 0 unspecified atom stereocenters. The van der Waals surface area contributed by atoms with Gasteiger partial charge in [-0.1, -0.05) is 0 Å². The summed E-state index contributed by atoms with van der Waals surface area (Å²) in [6.45, 7) is 1.68. The molecule has 1 aliphatic rings. The number of rotatable bonds is 1. The SMILES string of the molecule is Cn1cc(C2=[N+](C)CCN=C2N)cn1. The number of hydrogen-bond donors (Lipinski definition) is 1. The number of likely N-dealkylation sites (N-methyl/N-ethyl adjacent to an activating group) is 1. The Labute approximate surface area is 82.6 Å². The van der Waals surface area contributed by atoms with Crippen LogP contribution in [0.25, 0.3) is 0 Å². The van der Waals surface area contributed by atoms with E-state index in [0.717, 1.165) is 24.4 Å². The first-order valence-electron chi connectivity index (χ1n) is 4.56. The molecule has 0 saturated carbocycles. The van der Waals surface area contributed by atoms with Crippen LogP contribution in [-0.2, 0) is 7.05 Å². The summed E-state index contributed by atoms with van der Waals surface area (Å²) in [5.74, 6) is 0.603. The molecule has 2 N–H and O–H groups in total. The standard InChI is InChI=1S/C9H14N5/c1-13-4-3-11-9(10)8(13)7-5-12-14(2)6-7/h5-6H,3-4H2,1-2H3,(H2,10,11)/q+1. The molecular weight excluding hydrogens is 178 g/mol. The largest absolute Gasteiger partial charge is 0.378 e. The highest BCUT2D eigenvalue weighted by molar-refractivity contribution is 6.45. The van der Waals surface area contributed by atoms with Crippen LogP contribution < -0.4 is 5.73 Å². The maximum atomic E-state index is 5.84. The summed E-state index contributed by atoms with van der Waals surface area (Å²) in [5, 5.41) is 4.12. The molecule has 0 aromatic carbocycles.